The van der Waals surface area contributed by atoms with Crippen molar-refractivity contribution in [3.8, 4) is 0 Å². The summed E-state index contributed by atoms with van der Waals surface area (Å²) in [5.41, 5.74) is 0. The first-order chi connectivity index (χ1) is 54.3. The predicted molar refractivity (Wildman–Crippen MR) is 465 cm³/mol. The summed E-state index contributed by atoms with van der Waals surface area (Å²) in [5.74, 6) is -0.129. The summed E-state index contributed by atoms with van der Waals surface area (Å²) in [6.45, 7) is 7.99. The predicted octanol–water partition coefficient (Wildman–Crippen LogP) is 31.1. The van der Waals surface area contributed by atoms with Crippen molar-refractivity contribution >= 4 is 35.8 Å². The van der Waals surface area contributed by atoms with Gasteiger partial charge >= 0.3 is 35.8 Å². The molecular weight excluding hydrogens is 1370 g/mol. The number of ether oxygens (including phenoxy) is 6. The highest BCUT2D eigenvalue weighted by Crippen LogP contribution is 2.21. The van der Waals surface area contributed by atoms with Crippen molar-refractivity contribution in [2.45, 2.75) is 553 Å². The molecule has 0 rings (SSSR count). The zero-order valence-corrected chi connectivity index (χ0v) is 73.5. The van der Waals surface area contributed by atoms with Gasteiger partial charge in [-0.25, -0.2) is 0 Å². The van der Waals surface area contributed by atoms with Gasteiger partial charge in [-0.1, -0.05) is 438 Å². The molecule has 0 heterocycles. The van der Waals surface area contributed by atoms with Gasteiger partial charge in [0.05, 0.1) is 39.6 Å². The zero-order chi connectivity index (χ0) is 79.3. The lowest BCUT2D eigenvalue weighted by molar-refractivity contribution is -0.144. The third-order valence-electron chi connectivity index (χ3n) is 22.7. The molecule has 0 aromatic rings. The fraction of sp³-hybridized carbons (Fsp3) is 0.939. The normalized spacial score (nSPS) is 11.4. The van der Waals surface area contributed by atoms with Crippen LogP contribution >= 0.6 is 0 Å². The molecule has 0 radical (unpaired) electrons. The molecule has 0 aliphatic heterocycles. The Hall–Kier alpha value is -3.18. The SMILES string of the molecule is CCCCCCCCCCCCCC(=O)OCCCCCCCCCCCCCCOC(=O)CCCCCCCCCCCCC(=O)OCCCCCCCCCCCCCCOC(=O)CCCCCCCCCCCCC(=O)OCCCCCCCCCCCCCCOC(=O)CCCCCCCCCCCCC. The largest absolute Gasteiger partial charge is 0.466 e. The van der Waals surface area contributed by atoms with Crippen LogP contribution in [0.4, 0.5) is 0 Å². The van der Waals surface area contributed by atoms with Gasteiger partial charge in [0, 0.05) is 38.5 Å². The second-order valence-corrected chi connectivity index (χ2v) is 33.7. The maximum absolute atomic E-state index is 12.2. The topological polar surface area (TPSA) is 158 Å². The van der Waals surface area contributed by atoms with Gasteiger partial charge in [0.25, 0.3) is 0 Å². The summed E-state index contributed by atoms with van der Waals surface area (Å²) < 4.78 is 33.0. The van der Waals surface area contributed by atoms with Crippen LogP contribution in [0.3, 0.4) is 0 Å². The van der Waals surface area contributed by atoms with Gasteiger partial charge in [0.2, 0.25) is 0 Å². The van der Waals surface area contributed by atoms with Crippen LogP contribution in [0.15, 0.2) is 0 Å². The molecule has 0 aromatic heterocycles. The average Bonchev–Trinajstić information content (AvgIpc) is 2.33. The lowest BCUT2D eigenvalue weighted by atomic mass is 10.0. The Morgan fingerprint density at radius 1 is 0.118 bits per heavy atom. The molecule has 0 atom stereocenters. The van der Waals surface area contributed by atoms with E-state index in [1.54, 1.807) is 0 Å². The Kier molecular flexibility index (Phi) is 91.9. The molecule has 12 heteroatoms. The van der Waals surface area contributed by atoms with Crippen molar-refractivity contribution in [3.63, 3.8) is 0 Å². The number of unbranched alkanes of at least 4 members (excludes halogenated alkanes) is 71. The van der Waals surface area contributed by atoms with Gasteiger partial charge in [-0.15, -0.1) is 0 Å². The van der Waals surface area contributed by atoms with Gasteiger partial charge in [0.1, 0.15) is 0 Å². The van der Waals surface area contributed by atoms with Crippen molar-refractivity contribution in [1.29, 1.82) is 0 Å². The number of carbonyl (C=O) groups excluding carboxylic acids is 6. The first-order valence-corrected chi connectivity index (χ1v) is 49.2. The van der Waals surface area contributed by atoms with E-state index < -0.39 is 0 Å². The van der Waals surface area contributed by atoms with Crippen molar-refractivity contribution in [2.24, 2.45) is 0 Å². The van der Waals surface area contributed by atoms with Crippen LogP contribution in [0, 0.1) is 0 Å². The molecule has 0 aliphatic rings. The minimum Gasteiger partial charge on any atom is -0.466 e. The van der Waals surface area contributed by atoms with Crippen LogP contribution in [0.2, 0.25) is 0 Å². The van der Waals surface area contributed by atoms with E-state index in [2.05, 4.69) is 13.8 Å². The number of rotatable bonds is 95. The Balaban J connectivity index is 3.29. The summed E-state index contributed by atoms with van der Waals surface area (Å²) in [7, 11) is 0. The minimum atomic E-state index is -0.0323. The Morgan fingerprint density at radius 3 is 0.300 bits per heavy atom. The van der Waals surface area contributed by atoms with E-state index in [9.17, 15) is 28.8 Å². The van der Waals surface area contributed by atoms with Crippen LogP contribution in [-0.4, -0.2) is 75.5 Å². The van der Waals surface area contributed by atoms with Crippen LogP contribution < -0.4 is 0 Å². The molecule has 12 nitrogen and oxygen atoms in total. The zero-order valence-electron chi connectivity index (χ0n) is 73.5. The lowest BCUT2D eigenvalue weighted by Gasteiger charge is -2.06. The van der Waals surface area contributed by atoms with E-state index in [0.29, 0.717) is 78.2 Å². The molecule has 0 aliphatic carbocycles. The van der Waals surface area contributed by atoms with E-state index in [1.165, 1.54) is 347 Å². The molecule has 110 heavy (non-hydrogen) atoms. The fourth-order valence-electron chi connectivity index (χ4n) is 15.2. The average molecular weight is 1560 g/mol. The van der Waals surface area contributed by atoms with Gasteiger partial charge in [-0.05, 0) is 77.0 Å². The highest BCUT2D eigenvalue weighted by atomic mass is 16.5. The third-order valence-corrected chi connectivity index (χ3v) is 22.7. The molecule has 650 valence electrons. The lowest BCUT2D eigenvalue weighted by Crippen LogP contribution is -2.05. The van der Waals surface area contributed by atoms with E-state index in [4.69, 9.17) is 28.4 Å². The molecule has 0 fully saturated rings. The molecule has 0 bridgehead atoms. The third kappa shape index (κ3) is 93.7. The molecule has 0 saturated heterocycles. The van der Waals surface area contributed by atoms with Crippen LogP contribution in [0.25, 0.3) is 0 Å². The highest BCUT2D eigenvalue weighted by molar-refractivity contribution is 5.71. The second kappa shape index (κ2) is 94.7. The maximum Gasteiger partial charge on any atom is 0.305 e. The Bertz CT molecular complexity index is 1760. The molecule has 0 amide bonds. The summed E-state index contributed by atoms with van der Waals surface area (Å²) in [6.07, 6.45) is 98.3. The highest BCUT2D eigenvalue weighted by Gasteiger charge is 2.10. The standard InChI is InChI=1S/C98H186O12/c1-3-5-7-9-11-13-21-33-45-57-69-81-93(99)105-87-75-63-51-39-27-15-17-29-41-53-65-77-89-107-95(101)83-71-59-47-35-23-25-37-49-61-73-85-97(103)109-91-79-67-55-43-31-19-20-32-44-56-68-80-92-110-98(104)86-74-62-50-38-26-24-36-48-60-72-84-96(102)108-90-78-66-54-42-30-18-16-28-40-52-64-76-88-106-94(100)82-70-58-46-34-22-14-12-10-8-6-4-2/h3-92H2,1-2H3. The summed E-state index contributed by atoms with van der Waals surface area (Å²) in [6, 6.07) is 0. The monoisotopic (exact) mass is 1560 g/mol. The minimum absolute atomic E-state index is 0.00353. The van der Waals surface area contributed by atoms with Crippen molar-refractivity contribution in [1.82, 2.24) is 0 Å². The maximum atomic E-state index is 12.2. The summed E-state index contributed by atoms with van der Waals surface area (Å²) in [4.78, 5) is 72.9. The molecule has 0 unspecified atom stereocenters. The Labute approximate surface area is 682 Å². The van der Waals surface area contributed by atoms with Crippen LogP contribution in [0.5, 0.6) is 0 Å². The molecular formula is C98H186O12. The molecule has 0 saturated carbocycles. The van der Waals surface area contributed by atoms with E-state index in [1.807, 2.05) is 0 Å². The van der Waals surface area contributed by atoms with Crippen molar-refractivity contribution in [3.05, 3.63) is 0 Å². The quantitative estimate of drug-likeness (QED) is 0.0323. The number of carbonyl (C=O) groups is 6. The number of hydrogen-bond acceptors (Lipinski definition) is 12. The summed E-state index contributed by atoms with van der Waals surface area (Å²) >= 11 is 0. The van der Waals surface area contributed by atoms with Crippen molar-refractivity contribution < 1.29 is 57.2 Å². The summed E-state index contributed by atoms with van der Waals surface area (Å²) in [5, 5.41) is 0. The molecule has 0 N–H and O–H groups in total. The van der Waals surface area contributed by atoms with Crippen LogP contribution in [0.1, 0.15) is 553 Å². The van der Waals surface area contributed by atoms with Gasteiger partial charge in [-0.2, -0.15) is 0 Å². The van der Waals surface area contributed by atoms with E-state index in [0.717, 1.165) is 154 Å². The number of esters is 6. The first kappa shape index (κ1) is 107. The van der Waals surface area contributed by atoms with Gasteiger partial charge in [0.15, 0.2) is 0 Å². The fourth-order valence-corrected chi connectivity index (χ4v) is 15.2. The molecule has 0 aromatic carbocycles. The van der Waals surface area contributed by atoms with Crippen LogP contribution in [-0.2, 0) is 57.2 Å². The Morgan fingerprint density at radius 2 is 0.200 bits per heavy atom. The number of hydrogen-bond donors (Lipinski definition) is 0. The van der Waals surface area contributed by atoms with E-state index in [-0.39, 0.29) is 35.8 Å². The second-order valence-electron chi connectivity index (χ2n) is 33.7. The van der Waals surface area contributed by atoms with Gasteiger partial charge < -0.3 is 28.4 Å². The molecule has 0 spiro atoms. The van der Waals surface area contributed by atoms with Gasteiger partial charge in [-0.3, -0.25) is 28.8 Å². The first-order valence-electron chi connectivity index (χ1n) is 49.2. The smallest absolute Gasteiger partial charge is 0.305 e. The van der Waals surface area contributed by atoms with Crippen molar-refractivity contribution in [2.75, 3.05) is 39.6 Å². The van der Waals surface area contributed by atoms with E-state index >= 15 is 0 Å².